The standard InChI is InChI=1S/C12H10FIN2/c13-9-5-8(6-16-7-9)12(15)10-3-1-2-4-11(10)14/h1-7,12H,15H2. The van der Waals surface area contributed by atoms with Crippen LogP contribution in [-0.4, -0.2) is 4.98 Å². The third-order valence-electron chi connectivity index (χ3n) is 2.33. The van der Waals surface area contributed by atoms with Crippen molar-refractivity contribution in [3.8, 4) is 0 Å². The van der Waals surface area contributed by atoms with E-state index in [0.717, 1.165) is 9.13 Å². The molecule has 82 valence electrons. The summed E-state index contributed by atoms with van der Waals surface area (Å²) in [5, 5.41) is 0. The van der Waals surface area contributed by atoms with Crippen LogP contribution in [0.4, 0.5) is 4.39 Å². The van der Waals surface area contributed by atoms with Gasteiger partial charge in [0, 0.05) is 9.77 Å². The molecule has 4 heteroatoms. The molecule has 2 nitrogen and oxygen atoms in total. The molecule has 2 rings (SSSR count). The van der Waals surface area contributed by atoms with Gasteiger partial charge in [0.25, 0.3) is 0 Å². The molecule has 0 fully saturated rings. The van der Waals surface area contributed by atoms with Crippen molar-refractivity contribution in [3.63, 3.8) is 0 Å². The quantitative estimate of drug-likeness (QED) is 0.861. The van der Waals surface area contributed by atoms with E-state index in [1.54, 1.807) is 6.20 Å². The maximum Gasteiger partial charge on any atom is 0.141 e. The second kappa shape index (κ2) is 4.88. The van der Waals surface area contributed by atoms with Crippen molar-refractivity contribution in [3.05, 3.63) is 63.2 Å². The predicted molar refractivity (Wildman–Crippen MR) is 69.4 cm³/mol. The summed E-state index contributed by atoms with van der Waals surface area (Å²) >= 11 is 2.22. The number of rotatable bonds is 2. The van der Waals surface area contributed by atoms with E-state index >= 15 is 0 Å². The Morgan fingerprint density at radius 1 is 1.25 bits per heavy atom. The van der Waals surface area contributed by atoms with Crippen LogP contribution in [0.5, 0.6) is 0 Å². The number of pyridine rings is 1. The van der Waals surface area contributed by atoms with Crippen LogP contribution in [0.25, 0.3) is 0 Å². The van der Waals surface area contributed by atoms with Gasteiger partial charge in [0.15, 0.2) is 0 Å². The molecule has 0 spiro atoms. The fourth-order valence-electron chi connectivity index (χ4n) is 1.51. The van der Waals surface area contributed by atoms with Crippen molar-refractivity contribution in [2.75, 3.05) is 0 Å². The number of hydrogen-bond donors (Lipinski definition) is 1. The Balaban J connectivity index is 2.39. The molecule has 0 amide bonds. The number of hydrogen-bond acceptors (Lipinski definition) is 2. The molecule has 1 atom stereocenters. The van der Waals surface area contributed by atoms with E-state index in [1.165, 1.54) is 12.3 Å². The third kappa shape index (κ3) is 2.38. The molecule has 2 aromatic rings. The molecule has 0 aliphatic carbocycles. The van der Waals surface area contributed by atoms with E-state index in [2.05, 4.69) is 27.6 Å². The van der Waals surface area contributed by atoms with Gasteiger partial charge in [-0.25, -0.2) is 4.39 Å². The highest BCUT2D eigenvalue weighted by molar-refractivity contribution is 14.1. The van der Waals surface area contributed by atoms with Crippen LogP contribution in [-0.2, 0) is 0 Å². The van der Waals surface area contributed by atoms with Crippen LogP contribution in [0.15, 0.2) is 42.7 Å². The van der Waals surface area contributed by atoms with E-state index in [-0.39, 0.29) is 11.9 Å². The van der Waals surface area contributed by atoms with Crippen molar-refractivity contribution in [2.24, 2.45) is 5.73 Å². The summed E-state index contributed by atoms with van der Waals surface area (Å²) in [6.45, 7) is 0. The zero-order valence-electron chi connectivity index (χ0n) is 8.40. The van der Waals surface area contributed by atoms with Gasteiger partial charge < -0.3 is 5.73 Å². The number of benzene rings is 1. The summed E-state index contributed by atoms with van der Waals surface area (Å²) in [7, 11) is 0. The molecular formula is C12H10FIN2. The molecule has 1 unspecified atom stereocenters. The number of halogens is 2. The van der Waals surface area contributed by atoms with Crippen LogP contribution >= 0.6 is 22.6 Å². The Morgan fingerprint density at radius 2 is 2.00 bits per heavy atom. The lowest BCUT2D eigenvalue weighted by Gasteiger charge is -2.13. The lowest BCUT2D eigenvalue weighted by Crippen LogP contribution is -2.13. The van der Waals surface area contributed by atoms with Crippen molar-refractivity contribution in [2.45, 2.75) is 6.04 Å². The first kappa shape index (κ1) is 11.5. The Labute approximate surface area is 107 Å². The minimum Gasteiger partial charge on any atom is -0.320 e. The Bertz CT molecular complexity index is 502. The number of nitrogens with two attached hydrogens (primary N) is 1. The van der Waals surface area contributed by atoms with E-state index in [0.29, 0.717) is 5.56 Å². The Kier molecular flexibility index (Phi) is 3.50. The van der Waals surface area contributed by atoms with E-state index < -0.39 is 0 Å². The molecule has 0 saturated carbocycles. The Morgan fingerprint density at radius 3 is 2.69 bits per heavy atom. The molecule has 0 aliphatic heterocycles. The smallest absolute Gasteiger partial charge is 0.141 e. The minimum atomic E-state index is -0.362. The average molecular weight is 328 g/mol. The lowest BCUT2D eigenvalue weighted by molar-refractivity contribution is 0.616. The van der Waals surface area contributed by atoms with Gasteiger partial charge in [0.1, 0.15) is 5.82 Å². The molecule has 2 N–H and O–H groups in total. The highest BCUT2D eigenvalue weighted by Gasteiger charge is 2.12. The predicted octanol–water partition coefficient (Wildman–Crippen LogP) is 2.87. The van der Waals surface area contributed by atoms with E-state index in [1.807, 2.05) is 24.3 Å². The van der Waals surface area contributed by atoms with Crippen LogP contribution in [0.1, 0.15) is 17.2 Å². The number of aromatic nitrogens is 1. The first-order chi connectivity index (χ1) is 7.68. The van der Waals surface area contributed by atoms with Gasteiger partial charge >= 0.3 is 0 Å². The van der Waals surface area contributed by atoms with Crippen molar-refractivity contribution in [1.82, 2.24) is 4.98 Å². The summed E-state index contributed by atoms with van der Waals surface area (Å²) in [6.07, 6.45) is 2.77. The topological polar surface area (TPSA) is 38.9 Å². The molecule has 1 heterocycles. The molecule has 16 heavy (non-hydrogen) atoms. The van der Waals surface area contributed by atoms with Gasteiger partial charge in [-0.15, -0.1) is 0 Å². The normalized spacial score (nSPS) is 12.4. The van der Waals surface area contributed by atoms with Crippen molar-refractivity contribution < 1.29 is 4.39 Å². The summed E-state index contributed by atoms with van der Waals surface area (Å²) < 4.78 is 14.1. The molecule has 0 radical (unpaired) electrons. The first-order valence-corrected chi connectivity index (χ1v) is 5.87. The van der Waals surface area contributed by atoms with Crippen LogP contribution in [0.3, 0.4) is 0 Å². The largest absolute Gasteiger partial charge is 0.320 e. The van der Waals surface area contributed by atoms with Crippen LogP contribution in [0, 0.1) is 9.39 Å². The van der Waals surface area contributed by atoms with Gasteiger partial charge in [-0.2, -0.15) is 0 Å². The lowest BCUT2D eigenvalue weighted by atomic mass is 10.0. The van der Waals surface area contributed by atoms with E-state index in [4.69, 9.17) is 5.73 Å². The third-order valence-corrected chi connectivity index (χ3v) is 3.31. The average Bonchev–Trinajstić information content (AvgIpc) is 2.29. The van der Waals surface area contributed by atoms with Gasteiger partial charge in [-0.3, -0.25) is 4.98 Å². The second-order valence-electron chi connectivity index (χ2n) is 3.44. The molecule has 0 bridgehead atoms. The maximum absolute atomic E-state index is 13.0. The highest BCUT2D eigenvalue weighted by atomic mass is 127. The summed E-state index contributed by atoms with van der Waals surface area (Å²) in [5.41, 5.74) is 7.74. The summed E-state index contributed by atoms with van der Waals surface area (Å²) in [6, 6.07) is 8.86. The molecule has 1 aromatic heterocycles. The maximum atomic E-state index is 13.0. The van der Waals surface area contributed by atoms with E-state index in [9.17, 15) is 4.39 Å². The molecule has 0 aliphatic rings. The zero-order valence-corrected chi connectivity index (χ0v) is 10.6. The minimum absolute atomic E-state index is 0.337. The van der Waals surface area contributed by atoms with Gasteiger partial charge in [-0.1, -0.05) is 18.2 Å². The molecular weight excluding hydrogens is 318 g/mol. The molecule has 0 saturated heterocycles. The fraction of sp³-hybridized carbons (Fsp3) is 0.0833. The van der Waals surface area contributed by atoms with Crippen LogP contribution in [0.2, 0.25) is 0 Å². The highest BCUT2D eigenvalue weighted by Crippen LogP contribution is 2.23. The van der Waals surface area contributed by atoms with Crippen LogP contribution < -0.4 is 5.73 Å². The summed E-state index contributed by atoms with van der Waals surface area (Å²) in [4.78, 5) is 3.80. The summed E-state index contributed by atoms with van der Waals surface area (Å²) in [5.74, 6) is -0.362. The van der Waals surface area contributed by atoms with Crippen molar-refractivity contribution >= 4 is 22.6 Å². The van der Waals surface area contributed by atoms with Crippen molar-refractivity contribution in [1.29, 1.82) is 0 Å². The SMILES string of the molecule is NC(c1cncc(F)c1)c1ccccc1I. The Hall–Kier alpha value is -1.01. The monoisotopic (exact) mass is 328 g/mol. The van der Waals surface area contributed by atoms with Gasteiger partial charge in [0.2, 0.25) is 0 Å². The molecule has 1 aromatic carbocycles. The van der Waals surface area contributed by atoms with Gasteiger partial charge in [-0.05, 0) is 45.9 Å². The second-order valence-corrected chi connectivity index (χ2v) is 4.60. The fourth-order valence-corrected chi connectivity index (χ4v) is 2.23. The van der Waals surface area contributed by atoms with Gasteiger partial charge in [0.05, 0.1) is 12.2 Å². The first-order valence-electron chi connectivity index (χ1n) is 4.79. The number of nitrogens with zero attached hydrogens (tertiary/aromatic N) is 1. The zero-order chi connectivity index (χ0) is 11.5.